The fraction of sp³-hybridized carbons (Fsp3) is 0.750. The van der Waals surface area contributed by atoms with Crippen molar-refractivity contribution in [2.45, 2.75) is 45.1 Å². The second-order valence-electron chi connectivity index (χ2n) is 6.25. The first kappa shape index (κ1) is 15.0. The molecule has 1 aliphatic rings. The molecule has 1 aliphatic carbocycles. The molecule has 0 aliphatic heterocycles. The van der Waals surface area contributed by atoms with Gasteiger partial charge in [-0.1, -0.05) is 25.7 Å². The van der Waals surface area contributed by atoms with E-state index in [9.17, 15) is 0 Å². The van der Waals surface area contributed by atoms with Crippen LogP contribution in [0.5, 0.6) is 0 Å². The molecular weight excluding hydrogens is 252 g/mol. The summed E-state index contributed by atoms with van der Waals surface area (Å²) in [6, 6.07) is 2.25. The van der Waals surface area contributed by atoms with Crippen LogP contribution in [0.1, 0.15) is 44.1 Å². The van der Waals surface area contributed by atoms with Gasteiger partial charge in [0.1, 0.15) is 0 Å². The van der Waals surface area contributed by atoms with Gasteiger partial charge in [-0.2, -0.15) is 11.3 Å². The number of nitrogens with one attached hydrogen (secondary N) is 1. The highest BCUT2D eigenvalue weighted by Gasteiger charge is 2.31. The number of nitrogens with zero attached hydrogens (tertiary/aromatic N) is 1. The van der Waals surface area contributed by atoms with Gasteiger partial charge in [-0.25, -0.2) is 0 Å². The Morgan fingerprint density at radius 3 is 2.58 bits per heavy atom. The highest BCUT2D eigenvalue weighted by atomic mass is 32.1. The Bertz CT molecular complexity index is 340. The monoisotopic (exact) mass is 280 g/mol. The van der Waals surface area contributed by atoms with E-state index in [1.807, 2.05) is 0 Å². The van der Waals surface area contributed by atoms with E-state index in [1.54, 1.807) is 11.3 Å². The van der Waals surface area contributed by atoms with Crippen molar-refractivity contribution in [3.05, 3.63) is 22.4 Å². The molecule has 3 heteroatoms. The third-order valence-electron chi connectivity index (χ3n) is 4.35. The molecule has 1 aromatic heterocycles. The predicted molar refractivity (Wildman–Crippen MR) is 84.7 cm³/mol. The molecule has 0 spiro atoms. The van der Waals surface area contributed by atoms with Crippen molar-refractivity contribution in [3.8, 4) is 0 Å². The molecule has 2 nitrogen and oxygen atoms in total. The summed E-state index contributed by atoms with van der Waals surface area (Å²) in [5.41, 5.74) is 1.96. The van der Waals surface area contributed by atoms with E-state index in [4.69, 9.17) is 0 Å². The van der Waals surface area contributed by atoms with Gasteiger partial charge in [-0.15, -0.1) is 0 Å². The fourth-order valence-electron chi connectivity index (χ4n) is 3.57. The average molecular weight is 280 g/mol. The summed E-state index contributed by atoms with van der Waals surface area (Å²) in [7, 11) is 4.38. The van der Waals surface area contributed by atoms with Crippen LogP contribution in [0.3, 0.4) is 0 Å². The molecule has 0 unspecified atom stereocenters. The van der Waals surface area contributed by atoms with Crippen LogP contribution in [0.4, 0.5) is 0 Å². The topological polar surface area (TPSA) is 15.3 Å². The first-order chi connectivity index (χ1) is 9.24. The molecule has 19 heavy (non-hydrogen) atoms. The predicted octanol–water partition coefficient (Wildman–Crippen LogP) is 3.74. The third kappa shape index (κ3) is 4.59. The molecule has 1 heterocycles. The van der Waals surface area contributed by atoms with Gasteiger partial charge < -0.3 is 10.2 Å². The van der Waals surface area contributed by atoms with Crippen molar-refractivity contribution >= 4 is 11.3 Å². The number of rotatable bonds is 6. The highest BCUT2D eigenvalue weighted by molar-refractivity contribution is 7.07. The van der Waals surface area contributed by atoms with Gasteiger partial charge in [0, 0.05) is 19.6 Å². The lowest BCUT2D eigenvalue weighted by Gasteiger charge is -2.36. The maximum atomic E-state index is 3.45. The Morgan fingerprint density at radius 2 is 2.00 bits per heavy atom. The van der Waals surface area contributed by atoms with Gasteiger partial charge in [-0.05, 0) is 54.7 Å². The zero-order valence-electron chi connectivity index (χ0n) is 12.5. The molecule has 0 radical (unpaired) electrons. The molecule has 0 atom stereocenters. The fourth-order valence-corrected chi connectivity index (χ4v) is 4.23. The Labute approximate surface area is 122 Å². The molecule has 0 amide bonds. The van der Waals surface area contributed by atoms with Crippen LogP contribution in [0, 0.1) is 5.41 Å². The molecule has 1 fully saturated rings. The molecule has 0 bridgehead atoms. The van der Waals surface area contributed by atoms with Crippen LogP contribution in [0.15, 0.2) is 16.8 Å². The SMILES string of the molecule is CNCC1(CN(C)Cc2ccsc2)CCCCCC1. The molecular formula is C16H28N2S. The number of hydrogen-bond donors (Lipinski definition) is 1. The zero-order chi connectivity index (χ0) is 13.6. The van der Waals surface area contributed by atoms with Crippen LogP contribution in [0.2, 0.25) is 0 Å². The van der Waals surface area contributed by atoms with Gasteiger partial charge in [0.05, 0.1) is 0 Å². The summed E-state index contributed by atoms with van der Waals surface area (Å²) < 4.78 is 0. The van der Waals surface area contributed by atoms with E-state index >= 15 is 0 Å². The van der Waals surface area contributed by atoms with Crippen LogP contribution < -0.4 is 5.32 Å². The summed E-state index contributed by atoms with van der Waals surface area (Å²) >= 11 is 1.80. The van der Waals surface area contributed by atoms with Gasteiger partial charge in [-0.3, -0.25) is 0 Å². The summed E-state index contributed by atoms with van der Waals surface area (Å²) in [6.07, 6.45) is 8.46. The molecule has 0 saturated heterocycles. The molecule has 0 aromatic carbocycles. The van der Waals surface area contributed by atoms with Crippen LogP contribution >= 0.6 is 11.3 Å². The second-order valence-corrected chi connectivity index (χ2v) is 7.03. The lowest BCUT2D eigenvalue weighted by atomic mass is 9.79. The van der Waals surface area contributed by atoms with Crippen molar-refractivity contribution in [2.75, 3.05) is 27.2 Å². The Balaban J connectivity index is 1.94. The van der Waals surface area contributed by atoms with Gasteiger partial charge in [0.15, 0.2) is 0 Å². The van der Waals surface area contributed by atoms with E-state index in [-0.39, 0.29) is 0 Å². The van der Waals surface area contributed by atoms with E-state index in [0.29, 0.717) is 5.41 Å². The van der Waals surface area contributed by atoms with Crippen molar-refractivity contribution < 1.29 is 0 Å². The van der Waals surface area contributed by atoms with Gasteiger partial charge in [0.2, 0.25) is 0 Å². The normalized spacial score (nSPS) is 19.5. The molecule has 1 saturated carbocycles. The zero-order valence-corrected chi connectivity index (χ0v) is 13.3. The minimum absolute atomic E-state index is 0.496. The largest absolute Gasteiger partial charge is 0.319 e. The average Bonchev–Trinajstić information content (AvgIpc) is 2.76. The van der Waals surface area contributed by atoms with Crippen LogP contribution in [-0.4, -0.2) is 32.1 Å². The summed E-state index contributed by atoms with van der Waals surface area (Å²) in [5, 5.41) is 7.90. The van der Waals surface area contributed by atoms with Crippen molar-refractivity contribution in [2.24, 2.45) is 5.41 Å². The quantitative estimate of drug-likeness (QED) is 0.799. The van der Waals surface area contributed by atoms with E-state index < -0.39 is 0 Å². The van der Waals surface area contributed by atoms with Gasteiger partial charge >= 0.3 is 0 Å². The molecule has 2 rings (SSSR count). The lowest BCUT2D eigenvalue weighted by Crippen LogP contribution is -2.41. The first-order valence-corrected chi connectivity index (χ1v) is 8.53. The minimum Gasteiger partial charge on any atom is -0.319 e. The minimum atomic E-state index is 0.496. The Morgan fingerprint density at radius 1 is 1.26 bits per heavy atom. The summed E-state index contributed by atoms with van der Waals surface area (Å²) in [5.74, 6) is 0. The lowest BCUT2D eigenvalue weighted by molar-refractivity contribution is 0.144. The van der Waals surface area contributed by atoms with E-state index in [0.717, 1.165) is 6.54 Å². The van der Waals surface area contributed by atoms with Crippen molar-refractivity contribution in [1.82, 2.24) is 10.2 Å². The Kier molecular flexibility index (Phi) is 5.86. The highest BCUT2D eigenvalue weighted by Crippen LogP contribution is 2.35. The maximum Gasteiger partial charge on any atom is 0.0239 e. The summed E-state index contributed by atoms with van der Waals surface area (Å²) in [4.78, 5) is 2.52. The smallest absolute Gasteiger partial charge is 0.0239 e. The first-order valence-electron chi connectivity index (χ1n) is 7.58. The van der Waals surface area contributed by atoms with Crippen LogP contribution in [0.25, 0.3) is 0 Å². The maximum absolute atomic E-state index is 3.45. The molecule has 1 aromatic rings. The Hall–Kier alpha value is -0.380. The number of thiophene rings is 1. The second kappa shape index (κ2) is 7.41. The van der Waals surface area contributed by atoms with Crippen molar-refractivity contribution in [3.63, 3.8) is 0 Å². The summed E-state index contributed by atoms with van der Waals surface area (Å²) in [6.45, 7) is 3.49. The van der Waals surface area contributed by atoms with Gasteiger partial charge in [0.25, 0.3) is 0 Å². The van der Waals surface area contributed by atoms with Crippen LogP contribution in [-0.2, 0) is 6.54 Å². The standard InChI is InChI=1S/C16H28N2S/c1-17-13-16(8-5-3-4-6-9-16)14-18(2)11-15-7-10-19-12-15/h7,10,12,17H,3-6,8-9,11,13-14H2,1-2H3. The van der Waals surface area contributed by atoms with Crippen molar-refractivity contribution in [1.29, 1.82) is 0 Å². The molecule has 1 N–H and O–H groups in total. The number of hydrogen-bond acceptors (Lipinski definition) is 3. The van der Waals surface area contributed by atoms with E-state index in [1.165, 1.54) is 57.2 Å². The third-order valence-corrected chi connectivity index (χ3v) is 5.09. The van der Waals surface area contributed by atoms with E-state index in [2.05, 4.69) is 41.1 Å². The molecule has 108 valence electrons.